The second kappa shape index (κ2) is 6.59. The molecule has 1 aromatic carbocycles. The fourth-order valence-corrected chi connectivity index (χ4v) is 3.38. The number of halogens is 5. The van der Waals surface area contributed by atoms with Crippen LogP contribution in [0.15, 0.2) is 24.4 Å². The van der Waals surface area contributed by atoms with Gasteiger partial charge in [0, 0.05) is 28.9 Å². The Morgan fingerprint density at radius 1 is 1.23 bits per heavy atom. The van der Waals surface area contributed by atoms with Crippen molar-refractivity contribution in [2.24, 2.45) is 0 Å². The predicted octanol–water partition coefficient (Wildman–Crippen LogP) is 5.68. The lowest BCUT2D eigenvalue weighted by Gasteiger charge is -2.09. The highest BCUT2D eigenvalue weighted by atomic mass is 35.5. The van der Waals surface area contributed by atoms with E-state index in [1.807, 2.05) is 0 Å². The summed E-state index contributed by atoms with van der Waals surface area (Å²) in [5.41, 5.74) is 2.00. The minimum Gasteiger partial charge on any atom is -0.303 e. The van der Waals surface area contributed by atoms with Gasteiger partial charge in [-0.3, -0.25) is 4.79 Å². The SMILES string of the molecule is Cc1cc(C(F)(F)F)cn2c(C)c(Cc3c(Cl)ccc(C=O)c3Cl)nc12. The lowest BCUT2D eigenvalue weighted by atomic mass is 10.1. The molecule has 0 atom stereocenters. The van der Waals surface area contributed by atoms with Gasteiger partial charge in [-0.05, 0) is 43.2 Å². The maximum absolute atomic E-state index is 13.1. The average Bonchev–Trinajstić information content (AvgIpc) is 2.88. The molecule has 0 N–H and O–H groups in total. The number of alkyl halides is 3. The molecule has 0 saturated carbocycles. The summed E-state index contributed by atoms with van der Waals surface area (Å²) < 4.78 is 40.6. The van der Waals surface area contributed by atoms with Crippen LogP contribution in [0.1, 0.15) is 38.4 Å². The molecule has 2 heterocycles. The van der Waals surface area contributed by atoms with Crippen molar-refractivity contribution >= 4 is 35.1 Å². The minimum atomic E-state index is -4.44. The minimum absolute atomic E-state index is 0.202. The second-order valence-electron chi connectivity index (χ2n) is 5.97. The van der Waals surface area contributed by atoms with E-state index >= 15 is 0 Å². The van der Waals surface area contributed by atoms with E-state index < -0.39 is 11.7 Å². The van der Waals surface area contributed by atoms with Crippen LogP contribution in [0.5, 0.6) is 0 Å². The van der Waals surface area contributed by atoms with Gasteiger partial charge < -0.3 is 4.40 Å². The van der Waals surface area contributed by atoms with Crippen molar-refractivity contribution in [1.29, 1.82) is 0 Å². The van der Waals surface area contributed by atoms with Crippen LogP contribution in [0, 0.1) is 13.8 Å². The zero-order chi connectivity index (χ0) is 19.2. The van der Waals surface area contributed by atoms with E-state index in [0.29, 0.717) is 45.0 Å². The van der Waals surface area contributed by atoms with Crippen molar-refractivity contribution in [2.75, 3.05) is 0 Å². The number of aldehydes is 1. The number of nitrogens with zero attached hydrogens (tertiary/aromatic N) is 2. The highest BCUT2D eigenvalue weighted by Crippen LogP contribution is 2.33. The molecule has 0 aliphatic carbocycles. The number of carbonyl (C=O) groups excluding carboxylic acids is 1. The van der Waals surface area contributed by atoms with Crippen LogP contribution in [0.3, 0.4) is 0 Å². The predicted molar refractivity (Wildman–Crippen MR) is 94.3 cm³/mol. The summed E-state index contributed by atoms with van der Waals surface area (Å²) in [4.78, 5) is 15.5. The molecule has 0 radical (unpaired) electrons. The van der Waals surface area contributed by atoms with Crippen molar-refractivity contribution in [3.8, 4) is 0 Å². The van der Waals surface area contributed by atoms with Gasteiger partial charge >= 0.3 is 6.18 Å². The molecular weight excluding hydrogens is 388 g/mol. The number of pyridine rings is 1. The van der Waals surface area contributed by atoms with E-state index in [0.717, 1.165) is 12.3 Å². The first-order valence-corrected chi connectivity index (χ1v) is 8.36. The molecule has 0 unspecified atom stereocenters. The highest BCUT2D eigenvalue weighted by Gasteiger charge is 2.32. The molecule has 0 fully saturated rings. The van der Waals surface area contributed by atoms with Gasteiger partial charge in [-0.25, -0.2) is 4.98 Å². The van der Waals surface area contributed by atoms with Gasteiger partial charge in [-0.1, -0.05) is 23.2 Å². The van der Waals surface area contributed by atoms with Crippen LogP contribution in [-0.4, -0.2) is 15.7 Å². The van der Waals surface area contributed by atoms with Crippen LogP contribution in [0.25, 0.3) is 5.65 Å². The van der Waals surface area contributed by atoms with Crippen LogP contribution >= 0.6 is 23.2 Å². The van der Waals surface area contributed by atoms with Crippen LogP contribution < -0.4 is 0 Å². The molecule has 8 heteroatoms. The maximum atomic E-state index is 13.1. The van der Waals surface area contributed by atoms with E-state index in [4.69, 9.17) is 23.2 Å². The summed E-state index contributed by atoms with van der Waals surface area (Å²) in [5, 5.41) is 0.585. The summed E-state index contributed by atoms with van der Waals surface area (Å²) in [6.07, 6.45) is -2.59. The van der Waals surface area contributed by atoms with Crippen LogP contribution in [0.2, 0.25) is 10.0 Å². The van der Waals surface area contributed by atoms with Crippen LogP contribution in [0.4, 0.5) is 13.2 Å². The van der Waals surface area contributed by atoms with Gasteiger partial charge in [0.25, 0.3) is 0 Å². The Morgan fingerprint density at radius 2 is 1.92 bits per heavy atom. The smallest absolute Gasteiger partial charge is 0.303 e. The van der Waals surface area contributed by atoms with Gasteiger partial charge in [0.15, 0.2) is 6.29 Å². The van der Waals surface area contributed by atoms with Gasteiger partial charge in [-0.15, -0.1) is 0 Å². The molecule has 3 nitrogen and oxygen atoms in total. The second-order valence-corrected chi connectivity index (χ2v) is 6.76. The summed E-state index contributed by atoms with van der Waals surface area (Å²) in [6, 6.07) is 4.14. The molecule has 3 rings (SSSR count). The Hall–Kier alpha value is -2.05. The maximum Gasteiger partial charge on any atom is 0.417 e. The number of aryl methyl sites for hydroxylation is 2. The van der Waals surface area contributed by atoms with Gasteiger partial charge in [0.05, 0.1) is 16.3 Å². The Bertz CT molecular complexity index is 1030. The quantitative estimate of drug-likeness (QED) is 0.530. The molecule has 136 valence electrons. The molecule has 2 aromatic heterocycles. The first-order chi connectivity index (χ1) is 12.1. The zero-order valence-corrected chi connectivity index (χ0v) is 15.3. The van der Waals surface area contributed by atoms with E-state index in [1.54, 1.807) is 19.9 Å². The lowest BCUT2D eigenvalue weighted by molar-refractivity contribution is -0.137. The largest absolute Gasteiger partial charge is 0.417 e. The molecule has 0 bridgehead atoms. The lowest BCUT2D eigenvalue weighted by Crippen LogP contribution is -2.07. The van der Waals surface area contributed by atoms with Gasteiger partial charge in [0.1, 0.15) is 5.65 Å². The molecule has 0 spiro atoms. The van der Waals surface area contributed by atoms with Crippen molar-refractivity contribution in [3.05, 3.63) is 68.1 Å². The van der Waals surface area contributed by atoms with Crippen LogP contribution in [-0.2, 0) is 12.6 Å². The molecule has 3 aromatic rings. The Labute approximate surface area is 157 Å². The summed E-state index contributed by atoms with van der Waals surface area (Å²) >= 11 is 12.4. The van der Waals surface area contributed by atoms with Crippen molar-refractivity contribution in [3.63, 3.8) is 0 Å². The first kappa shape index (κ1) is 18.7. The van der Waals surface area contributed by atoms with E-state index in [-0.39, 0.29) is 11.4 Å². The van der Waals surface area contributed by atoms with Crippen molar-refractivity contribution in [1.82, 2.24) is 9.38 Å². The third-order valence-corrected chi connectivity index (χ3v) is 5.06. The fourth-order valence-electron chi connectivity index (χ4n) is 2.83. The number of hydrogen-bond acceptors (Lipinski definition) is 2. The number of hydrogen-bond donors (Lipinski definition) is 0. The molecule has 0 saturated heterocycles. The topological polar surface area (TPSA) is 34.4 Å². The summed E-state index contributed by atoms with van der Waals surface area (Å²) in [6.45, 7) is 3.26. The van der Waals surface area contributed by atoms with Gasteiger partial charge in [0.2, 0.25) is 0 Å². The Morgan fingerprint density at radius 3 is 2.54 bits per heavy atom. The zero-order valence-electron chi connectivity index (χ0n) is 13.8. The van der Waals surface area contributed by atoms with E-state index in [2.05, 4.69) is 4.98 Å². The molecular formula is C18H13Cl2F3N2O. The average molecular weight is 401 g/mol. The normalized spacial score (nSPS) is 12.0. The number of rotatable bonds is 3. The highest BCUT2D eigenvalue weighted by molar-refractivity contribution is 6.37. The summed E-state index contributed by atoms with van der Waals surface area (Å²) in [7, 11) is 0. The Balaban J connectivity index is 2.15. The van der Waals surface area contributed by atoms with E-state index in [9.17, 15) is 18.0 Å². The monoisotopic (exact) mass is 400 g/mol. The standard InChI is InChI=1S/C18H13Cl2F3N2O/c1-9-5-12(18(21,22)23)7-25-10(2)15(24-17(9)25)6-13-14(19)4-3-11(8-26)16(13)20/h3-5,7-8H,6H2,1-2H3. The molecule has 0 aliphatic heterocycles. The van der Waals surface area contributed by atoms with Gasteiger partial charge in [-0.2, -0.15) is 13.2 Å². The number of aromatic nitrogens is 2. The molecule has 0 aliphatic rings. The fraction of sp³-hybridized carbons (Fsp3) is 0.222. The number of fused-ring (bicyclic) bond motifs is 1. The number of benzene rings is 1. The van der Waals surface area contributed by atoms with Crippen molar-refractivity contribution < 1.29 is 18.0 Å². The van der Waals surface area contributed by atoms with Crippen molar-refractivity contribution in [2.45, 2.75) is 26.4 Å². The molecule has 26 heavy (non-hydrogen) atoms. The number of carbonyl (C=O) groups is 1. The third kappa shape index (κ3) is 3.19. The first-order valence-electron chi connectivity index (χ1n) is 7.61. The number of imidazole rings is 1. The van der Waals surface area contributed by atoms with E-state index in [1.165, 1.54) is 10.5 Å². The summed E-state index contributed by atoms with van der Waals surface area (Å²) in [5.74, 6) is 0. The molecule has 0 amide bonds. The Kier molecular flexibility index (Phi) is 4.75. The third-order valence-electron chi connectivity index (χ3n) is 4.26.